The fourth-order valence-electron chi connectivity index (χ4n) is 4.36. The van der Waals surface area contributed by atoms with Crippen molar-refractivity contribution < 1.29 is 4.79 Å². The Bertz CT molecular complexity index is 1280. The minimum Gasteiger partial charge on any atom is -0.358 e. The smallest absolute Gasteiger partial charge is 0.297 e. The van der Waals surface area contributed by atoms with Gasteiger partial charge in [0.05, 0.1) is 11.7 Å². The molecule has 0 aliphatic heterocycles. The van der Waals surface area contributed by atoms with E-state index in [1.807, 2.05) is 31.2 Å². The van der Waals surface area contributed by atoms with Gasteiger partial charge in [-0.1, -0.05) is 64.1 Å². The van der Waals surface area contributed by atoms with Crippen molar-refractivity contribution in [3.05, 3.63) is 88.0 Å². The molecule has 1 aromatic heterocycles. The van der Waals surface area contributed by atoms with Crippen LogP contribution in [-0.2, 0) is 0 Å². The van der Waals surface area contributed by atoms with Crippen molar-refractivity contribution >= 4 is 11.7 Å². The van der Waals surface area contributed by atoms with Crippen LogP contribution in [0.4, 0.5) is 5.82 Å². The summed E-state index contributed by atoms with van der Waals surface area (Å²) in [5, 5.41) is 10.0. The van der Waals surface area contributed by atoms with Crippen LogP contribution in [0.25, 0.3) is 5.69 Å². The zero-order valence-corrected chi connectivity index (χ0v) is 22.5. The number of nitrogens with zero attached hydrogens (tertiary/aromatic N) is 2. The van der Waals surface area contributed by atoms with Crippen LogP contribution < -0.4 is 21.5 Å². The number of hydrogen-bond acceptors (Lipinski definition) is 5. The molecule has 2 aromatic carbocycles. The number of benzene rings is 2. The molecule has 1 aliphatic rings. The van der Waals surface area contributed by atoms with E-state index in [2.05, 4.69) is 60.8 Å². The molecular weight excluding hydrogens is 462 g/mol. The van der Waals surface area contributed by atoms with Crippen molar-refractivity contribution in [2.45, 2.75) is 59.5 Å². The van der Waals surface area contributed by atoms with Gasteiger partial charge in [-0.05, 0) is 54.4 Å². The van der Waals surface area contributed by atoms with Gasteiger partial charge in [0.1, 0.15) is 0 Å². The van der Waals surface area contributed by atoms with Crippen LogP contribution >= 0.6 is 0 Å². The van der Waals surface area contributed by atoms with E-state index >= 15 is 0 Å². The average molecular weight is 502 g/mol. The lowest BCUT2D eigenvalue weighted by Crippen LogP contribution is -2.35. The quantitative estimate of drug-likeness (QED) is 0.369. The monoisotopic (exact) mass is 501 g/mol. The van der Waals surface area contributed by atoms with Gasteiger partial charge >= 0.3 is 0 Å². The highest BCUT2D eigenvalue weighted by Gasteiger charge is 2.25. The summed E-state index contributed by atoms with van der Waals surface area (Å²) < 4.78 is 1.57. The van der Waals surface area contributed by atoms with Crippen molar-refractivity contribution in [3.63, 3.8) is 0 Å². The van der Waals surface area contributed by atoms with E-state index in [0.29, 0.717) is 11.3 Å². The molecule has 0 saturated heterocycles. The van der Waals surface area contributed by atoms with Crippen molar-refractivity contribution in [2.24, 2.45) is 11.3 Å². The lowest BCUT2D eigenvalue weighted by molar-refractivity contribution is 0.0951. The Labute approximate surface area is 219 Å². The summed E-state index contributed by atoms with van der Waals surface area (Å²) >= 11 is 0. The number of amides is 1. The number of aryl methyl sites for hydroxylation is 1. The summed E-state index contributed by atoms with van der Waals surface area (Å²) in [6, 6.07) is 15.8. The summed E-state index contributed by atoms with van der Waals surface area (Å²) in [7, 11) is 0. The Morgan fingerprint density at radius 3 is 2.54 bits per heavy atom. The average Bonchev–Trinajstić information content (AvgIpc) is 3.67. The van der Waals surface area contributed by atoms with E-state index in [1.54, 1.807) is 29.1 Å². The number of rotatable bonds is 10. The molecule has 0 radical (unpaired) electrons. The second-order valence-corrected chi connectivity index (χ2v) is 11.4. The van der Waals surface area contributed by atoms with E-state index in [0.717, 1.165) is 37.1 Å². The normalized spacial score (nSPS) is 15.2. The van der Waals surface area contributed by atoms with Crippen LogP contribution in [0, 0.1) is 18.3 Å². The fourth-order valence-corrected chi connectivity index (χ4v) is 4.36. The van der Waals surface area contributed by atoms with Crippen LogP contribution in [0.2, 0.25) is 0 Å². The second-order valence-electron chi connectivity index (χ2n) is 11.4. The number of carbonyl (C=O) groups excluding carboxylic acids is 1. The summed E-state index contributed by atoms with van der Waals surface area (Å²) in [6.07, 6.45) is 5.33. The Balaban J connectivity index is 1.61. The minimum atomic E-state index is -0.249. The highest BCUT2D eigenvalue weighted by molar-refractivity contribution is 5.95. The number of carbonyl (C=O) groups is 1. The molecule has 1 saturated carbocycles. The van der Waals surface area contributed by atoms with E-state index in [-0.39, 0.29) is 40.7 Å². The van der Waals surface area contributed by atoms with Crippen LogP contribution in [-0.4, -0.2) is 34.6 Å². The highest BCUT2D eigenvalue weighted by atomic mass is 16.2. The largest absolute Gasteiger partial charge is 0.358 e. The Kier molecular flexibility index (Phi) is 8.13. The molecule has 1 fully saturated rings. The van der Waals surface area contributed by atoms with Gasteiger partial charge in [0.25, 0.3) is 11.5 Å². The van der Waals surface area contributed by atoms with Gasteiger partial charge in [0.15, 0.2) is 5.82 Å². The Hall–Kier alpha value is -3.45. The second kappa shape index (κ2) is 11.3. The minimum absolute atomic E-state index is 0.107. The maximum atomic E-state index is 13.6. The first-order chi connectivity index (χ1) is 17.6. The van der Waals surface area contributed by atoms with Crippen molar-refractivity contribution in [3.8, 4) is 5.69 Å². The van der Waals surface area contributed by atoms with E-state index < -0.39 is 0 Å². The lowest BCUT2D eigenvalue weighted by atomic mass is 9.93. The van der Waals surface area contributed by atoms with Crippen molar-refractivity contribution in [2.75, 3.05) is 18.4 Å². The zero-order valence-electron chi connectivity index (χ0n) is 22.5. The number of anilines is 1. The molecule has 2 atom stereocenters. The molecule has 4 rings (SSSR count). The topological polar surface area (TPSA) is 88.1 Å². The molecule has 0 unspecified atom stereocenters. The van der Waals surface area contributed by atoms with Gasteiger partial charge in [-0.2, -0.15) is 0 Å². The van der Waals surface area contributed by atoms with E-state index in [1.165, 1.54) is 0 Å². The summed E-state index contributed by atoms with van der Waals surface area (Å²) in [4.78, 5) is 30.7. The van der Waals surface area contributed by atoms with Crippen molar-refractivity contribution in [1.82, 2.24) is 20.2 Å². The standard InChI is InChI=1S/C30H39N5O2/c1-20-11-12-23(28(36)33-24-13-14-24)17-25(20)35-16-15-32-27(29(35)37)34-26(22-9-7-6-8-10-22)21(2)18-31-19-30(3,4)5/h6-12,15-17,21,24,26,31H,13-14,18-19H2,1-5H3,(H,32,34)(H,33,36)/t21-,26-/m1/s1. The predicted molar refractivity (Wildman–Crippen MR) is 149 cm³/mol. The predicted octanol–water partition coefficient (Wildman–Crippen LogP) is 4.86. The zero-order chi connectivity index (χ0) is 26.6. The summed E-state index contributed by atoms with van der Waals surface area (Å²) in [5.74, 6) is 0.368. The first-order valence-corrected chi connectivity index (χ1v) is 13.1. The maximum absolute atomic E-state index is 13.6. The van der Waals surface area contributed by atoms with Gasteiger partial charge in [0.2, 0.25) is 0 Å². The van der Waals surface area contributed by atoms with Gasteiger partial charge in [-0.3, -0.25) is 14.2 Å². The molecule has 3 N–H and O–H groups in total. The molecule has 0 bridgehead atoms. The van der Waals surface area contributed by atoms with Gasteiger partial charge in [-0.25, -0.2) is 4.98 Å². The van der Waals surface area contributed by atoms with E-state index in [4.69, 9.17) is 0 Å². The summed E-state index contributed by atoms with van der Waals surface area (Å²) in [6.45, 7) is 12.4. The first-order valence-electron chi connectivity index (χ1n) is 13.1. The molecule has 7 nitrogen and oxygen atoms in total. The molecule has 37 heavy (non-hydrogen) atoms. The molecule has 1 amide bonds. The van der Waals surface area contributed by atoms with Crippen molar-refractivity contribution in [1.29, 1.82) is 0 Å². The molecule has 3 aromatic rings. The Morgan fingerprint density at radius 2 is 1.86 bits per heavy atom. The molecule has 1 heterocycles. The first kappa shape index (κ1) is 26.6. The molecule has 196 valence electrons. The third kappa shape index (κ3) is 7.07. The van der Waals surface area contributed by atoms with E-state index in [9.17, 15) is 9.59 Å². The highest BCUT2D eigenvalue weighted by Crippen LogP contribution is 2.26. The lowest BCUT2D eigenvalue weighted by Gasteiger charge is -2.28. The maximum Gasteiger partial charge on any atom is 0.297 e. The summed E-state index contributed by atoms with van der Waals surface area (Å²) in [5.41, 5.74) is 3.16. The molecular formula is C30H39N5O2. The fraction of sp³-hybridized carbons (Fsp3) is 0.433. The number of hydrogen-bond donors (Lipinski definition) is 3. The SMILES string of the molecule is Cc1ccc(C(=O)NC2CC2)cc1-n1ccnc(N[C@@H](c2ccccc2)[C@H](C)CNCC(C)(C)C)c1=O. The van der Waals surface area contributed by atoms with Gasteiger partial charge in [0, 0.05) is 37.1 Å². The Morgan fingerprint density at radius 1 is 1.14 bits per heavy atom. The third-order valence-corrected chi connectivity index (χ3v) is 6.63. The van der Waals surface area contributed by atoms with Gasteiger partial charge in [-0.15, -0.1) is 0 Å². The molecule has 0 spiro atoms. The number of nitrogens with one attached hydrogen (secondary N) is 3. The van der Waals surface area contributed by atoms with Crippen LogP contribution in [0.1, 0.15) is 68.1 Å². The van der Waals surface area contributed by atoms with Gasteiger partial charge < -0.3 is 16.0 Å². The van der Waals surface area contributed by atoms with Crippen LogP contribution in [0.15, 0.2) is 65.7 Å². The number of aromatic nitrogens is 2. The van der Waals surface area contributed by atoms with Crippen LogP contribution in [0.3, 0.4) is 0 Å². The molecule has 1 aliphatic carbocycles. The van der Waals surface area contributed by atoms with Crippen LogP contribution in [0.5, 0.6) is 0 Å². The third-order valence-electron chi connectivity index (χ3n) is 6.63. The molecule has 7 heteroatoms.